The predicted molar refractivity (Wildman–Crippen MR) is 99.4 cm³/mol. The van der Waals surface area contributed by atoms with E-state index in [0.717, 1.165) is 31.9 Å². The van der Waals surface area contributed by atoms with Crippen LogP contribution in [0.5, 0.6) is 5.75 Å². The quantitative estimate of drug-likeness (QED) is 0.653. The van der Waals surface area contributed by atoms with E-state index in [0.29, 0.717) is 12.7 Å². The van der Waals surface area contributed by atoms with Crippen LogP contribution in [-0.4, -0.2) is 19.3 Å². The Morgan fingerprint density at radius 2 is 1.75 bits per heavy atom. The van der Waals surface area contributed by atoms with E-state index in [2.05, 4.69) is 56.4 Å². The molecule has 0 unspecified atom stereocenters. The molecule has 3 heteroatoms. The maximum absolute atomic E-state index is 5.87. The maximum atomic E-state index is 5.87. The largest absolute Gasteiger partial charge is 0.489 e. The van der Waals surface area contributed by atoms with E-state index in [-0.39, 0.29) is 0 Å². The summed E-state index contributed by atoms with van der Waals surface area (Å²) >= 11 is 0. The molecule has 0 saturated carbocycles. The first kappa shape index (κ1) is 18.5. The fourth-order valence-electron chi connectivity index (χ4n) is 2.39. The fraction of sp³-hybridized carbons (Fsp3) is 0.429. The SMILES string of the molecule is Cc1ccccc1COc1ccc(CNCCCOC(C)C)cc1. The van der Waals surface area contributed by atoms with Gasteiger partial charge >= 0.3 is 0 Å². The Hall–Kier alpha value is -1.84. The van der Waals surface area contributed by atoms with Gasteiger partial charge in [0.05, 0.1) is 6.10 Å². The monoisotopic (exact) mass is 327 g/mol. The highest BCUT2D eigenvalue weighted by molar-refractivity contribution is 5.29. The second-order valence-electron chi connectivity index (χ2n) is 6.31. The van der Waals surface area contributed by atoms with Crippen molar-refractivity contribution in [3.63, 3.8) is 0 Å². The molecule has 0 atom stereocenters. The van der Waals surface area contributed by atoms with E-state index in [1.54, 1.807) is 0 Å². The zero-order valence-corrected chi connectivity index (χ0v) is 15.0. The van der Waals surface area contributed by atoms with Crippen LogP contribution < -0.4 is 10.1 Å². The van der Waals surface area contributed by atoms with E-state index in [1.807, 2.05) is 18.2 Å². The van der Waals surface area contributed by atoms with Gasteiger partial charge < -0.3 is 14.8 Å². The molecule has 0 fully saturated rings. The van der Waals surface area contributed by atoms with Crippen molar-refractivity contribution in [2.45, 2.75) is 46.4 Å². The van der Waals surface area contributed by atoms with Crippen LogP contribution in [0, 0.1) is 6.92 Å². The lowest BCUT2D eigenvalue weighted by atomic mass is 10.1. The minimum Gasteiger partial charge on any atom is -0.489 e. The minimum absolute atomic E-state index is 0.317. The Morgan fingerprint density at radius 3 is 2.46 bits per heavy atom. The molecular formula is C21H29NO2. The highest BCUT2D eigenvalue weighted by Crippen LogP contribution is 2.15. The van der Waals surface area contributed by atoms with Gasteiger partial charge in [0, 0.05) is 13.2 Å². The summed E-state index contributed by atoms with van der Waals surface area (Å²) in [7, 11) is 0. The van der Waals surface area contributed by atoms with E-state index in [1.165, 1.54) is 16.7 Å². The number of rotatable bonds is 10. The topological polar surface area (TPSA) is 30.5 Å². The second-order valence-corrected chi connectivity index (χ2v) is 6.31. The smallest absolute Gasteiger partial charge is 0.119 e. The Balaban J connectivity index is 1.68. The number of hydrogen-bond acceptors (Lipinski definition) is 3. The summed E-state index contributed by atoms with van der Waals surface area (Å²) in [4.78, 5) is 0. The van der Waals surface area contributed by atoms with Gasteiger partial charge in [0.25, 0.3) is 0 Å². The molecule has 0 amide bonds. The number of ether oxygens (including phenoxy) is 2. The van der Waals surface area contributed by atoms with Crippen molar-refractivity contribution < 1.29 is 9.47 Å². The first-order valence-corrected chi connectivity index (χ1v) is 8.73. The van der Waals surface area contributed by atoms with Gasteiger partial charge in [-0.05, 0) is 62.6 Å². The minimum atomic E-state index is 0.317. The molecule has 24 heavy (non-hydrogen) atoms. The summed E-state index contributed by atoms with van der Waals surface area (Å²) in [6.07, 6.45) is 1.35. The number of hydrogen-bond donors (Lipinski definition) is 1. The zero-order chi connectivity index (χ0) is 17.2. The third-order valence-electron chi connectivity index (χ3n) is 3.86. The Morgan fingerprint density at radius 1 is 1.00 bits per heavy atom. The fourth-order valence-corrected chi connectivity index (χ4v) is 2.39. The molecule has 0 aliphatic carbocycles. The van der Waals surface area contributed by atoms with Crippen LogP contribution in [0.4, 0.5) is 0 Å². The number of benzene rings is 2. The van der Waals surface area contributed by atoms with Gasteiger partial charge in [-0.3, -0.25) is 0 Å². The summed E-state index contributed by atoms with van der Waals surface area (Å²) in [5.74, 6) is 0.910. The molecule has 0 spiro atoms. The molecule has 3 nitrogen and oxygen atoms in total. The van der Waals surface area contributed by atoms with E-state index in [9.17, 15) is 0 Å². The lowest BCUT2D eigenvalue weighted by Crippen LogP contribution is -2.17. The molecule has 0 aromatic heterocycles. The van der Waals surface area contributed by atoms with Gasteiger partial charge in [-0.1, -0.05) is 36.4 Å². The van der Waals surface area contributed by atoms with Gasteiger partial charge in [0.1, 0.15) is 12.4 Å². The summed E-state index contributed by atoms with van der Waals surface area (Å²) in [5, 5.41) is 3.44. The number of aryl methyl sites for hydroxylation is 1. The summed E-state index contributed by atoms with van der Waals surface area (Å²) in [6.45, 7) is 9.51. The van der Waals surface area contributed by atoms with E-state index < -0.39 is 0 Å². The standard InChI is InChI=1S/C21H29NO2/c1-17(2)23-14-6-13-22-15-19-9-11-21(12-10-19)24-16-20-8-5-4-7-18(20)3/h4-5,7-12,17,22H,6,13-16H2,1-3H3. The Labute approximate surface area is 146 Å². The summed E-state index contributed by atoms with van der Waals surface area (Å²) in [6, 6.07) is 16.6. The van der Waals surface area contributed by atoms with Crippen molar-refractivity contribution >= 4 is 0 Å². The van der Waals surface area contributed by atoms with Crippen LogP contribution >= 0.6 is 0 Å². The van der Waals surface area contributed by atoms with Crippen molar-refractivity contribution in [1.29, 1.82) is 0 Å². The first-order chi connectivity index (χ1) is 11.6. The average Bonchev–Trinajstić information content (AvgIpc) is 2.58. The normalized spacial score (nSPS) is 11.0. The first-order valence-electron chi connectivity index (χ1n) is 8.73. The number of nitrogens with one attached hydrogen (secondary N) is 1. The van der Waals surface area contributed by atoms with Crippen molar-refractivity contribution in [2.75, 3.05) is 13.2 Å². The van der Waals surface area contributed by atoms with Gasteiger partial charge in [-0.15, -0.1) is 0 Å². The molecule has 0 aliphatic rings. The van der Waals surface area contributed by atoms with Crippen LogP contribution in [-0.2, 0) is 17.9 Å². The van der Waals surface area contributed by atoms with E-state index >= 15 is 0 Å². The lowest BCUT2D eigenvalue weighted by molar-refractivity contribution is 0.0770. The van der Waals surface area contributed by atoms with Crippen molar-refractivity contribution in [2.24, 2.45) is 0 Å². The van der Waals surface area contributed by atoms with E-state index in [4.69, 9.17) is 9.47 Å². The molecule has 2 aromatic rings. The third kappa shape index (κ3) is 6.73. The van der Waals surface area contributed by atoms with Crippen LogP contribution in [0.15, 0.2) is 48.5 Å². The second kappa shape index (κ2) is 10.1. The average molecular weight is 327 g/mol. The van der Waals surface area contributed by atoms with Crippen molar-refractivity contribution in [3.05, 3.63) is 65.2 Å². The highest BCUT2D eigenvalue weighted by Gasteiger charge is 2.00. The molecule has 0 bridgehead atoms. The molecule has 1 N–H and O–H groups in total. The molecule has 0 aliphatic heterocycles. The van der Waals surface area contributed by atoms with Gasteiger partial charge in [0.2, 0.25) is 0 Å². The molecule has 0 heterocycles. The third-order valence-corrected chi connectivity index (χ3v) is 3.86. The Bertz CT molecular complexity index is 593. The van der Waals surface area contributed by atoms with Crippen LogP contribution in [0.3, 0.4) is 0 Å². The van der Waals surface area contributed by atoms with Crippen LogP contribution in [0.25, 0.3) is 0 Å². The molecule has 2 aromatic carbocycles. The van der Waals surface area contributed by atoms with Crippen LogP contribution in [0.2, 0.25) is 0 Å². The summed E-state index contributed by atoms with van der Waals surface area (Å²) < 4.78 is 11.4. The predicted octanol–water partition coefficient (Wildman–Crippen LogP) is 4.48. The van der Waals surface area contributed by atoms with Gasteiger partial charge in [-0.2, -0.15) is 0 Å². The maximum Gasteiger partial charge on any atom is 0.119 e. The summed E-state index contributed by atoms with van der Waals surface area (Å²) in [5.41, 5.74) is 3.76. The zero-order valence-electron chi connectivity index (χ0n) is 15.0. The molecule has 2 rings (SSSR count). The van der Waals surface area contributed by atoms with Crippen molar-refractivity contribution in [1.82, 2.24) is 5.32 Å². The lowest BCUT2D eigenvalue weighted by Gasteiger charge is -2.10. The van der Waals surface area contributed by atoms with Crippen molar-refractivity contribution in [3.8, 4) is 5.75 Å². The molecule has 0 saturated heterocycles. The van der Waals surface area contributed by atoms with Gasteiger partial charge in [-0.25, -0.2) is 0 Å². The Kier molecular flexibility index (Phi) is 7.80. The highest BCUT2D eigenvalue weighted by atomic mass is 16.5. The molecule has 0 radical (unpaired) electrons. The molecule has 130 valence electrons. The molecular weight excluding hydrogens is 298 g/mol. The van der Waals surface area contributed by atoms with Gasteiger partial charge in [0.15, 0.2) is 0 Å². The van der Waals surface area contributed by atoms with Crippen LogP contribution in [0.1, 0.15) is 37.0 Å².